The molecule has 1 aromatic carbocycles. The van der Waals surface area contributed by atoms with Crippen molar-refractivity contribution in [3.8, 4) is 0 Å². The number of carbonyl (C=O) groups is 1. The molecule has 0 aliphatic heterocycles. The van der Waals surface area contributed by atoms with E-state index in [2.05, 4.69) is 15.6 Å². The molecule has 22 heavy (non-hydrogen) atoms. The molecule has 0 saturated heterocycles. The van der Waals surface area contributed by atoms with Gasteiger partial charge >= 0.3 is 12.6 Å². The highest BCUT2D eigenvalue weighted by molar-refractivity contribution is 7.98. The first-order valence-electron chi connectivity index (χ1n) is 6.59. The van der Waals surface area contributed by atoms with Crippen molar-refractivity contribution in [2.45, 2.75) is 17.9 Å². The average molecular weight is 326 g/mol. The molecule has 0 spiro atoms. The van der Waals surface area contributed by atoms with Gasteiger partial charge in [0.15, 0.2) is 0 Å². The fraction of sp³-hybridized carbons (Fsp3) is 0.286. The molecule has 0 aliphatic carbocycles. The summed E-state index contributed by atoms with van der Waals surface area (Å²) < 4.78 is 26.0. The summed E-state index contributed by atoms with van der Waals surface area (Å²) in [6.45, 7) is -2.40. The largest absolute Gasteiger partial charge is 0.337 e. The maximum absolute atomic E-state index is 12.6. The van der Waals surface area contributed by atoms with Gasteiger partial charge in [-0.05, 0) is 30.5 Å². The highest BCUT2D eigenvalue weighted by Crippen LogP contribution is 2.17. The van der Waals surface area contributed by atoms with E-state index in [1.165, 1.54) is 12.4 Å². The van der Waals surface area contributed by atoms with Crippen molar-refractivity contribution in [2.75, 3.05) is 18.1 Å². The molecule has 0 atom stereocenters. The quantitative estimate of drug-likeness (QED) is 0.800. The summed E-state index contributed by atoms with van der Waals surface area (Å²) in [6, 6.07) is 7.02. The van der Waals surface area contributed by atoms with Gasteiger partial charge in [0.1, 0.15) is 5.82 Å². The Morgan fingerprint density at radius 2 is 2.09 bits per heavy atom. The van der Waals surface area contributed by atoms with E-state index in [1.807, 2.05) is 18.4 Å². The van der Waals surface area contributed by atoms with Crippen LogP contribution in [0.2, 0.25) is 0 Å². The minimum atomic E-state index is -2.62. The summed E-state index contributed by atoms with van der Waals surface area (Å²) >= 11 is 1.61. The Bertz CT molecular complexity index is 616. The second-order valence-corrected chi connectivity index (χ2v) is 5.27. The number of rotatable bonds is 6. The van der Waals surface area contributed by atoms with Crippen LogP contribution >= 0.6 is 11.8 Å². The normalized spacial score (nSPS) is 10.7. The first-order valence-corrected chi connectivity index (χ1v) is 7.81. The third kappa shape index (κ3) is 4.45. The van der Waals surface area contributed by atoms with E-state index in [0.717, 1.165) is 9.46 Å². The van der Waals surface area contributed by atoms with Crippen LogP contribution in [-0.2, 0) is 6.42 Å². The van der Waals surface area contributed by atoms with Crippen LogP contribution in [0.4, 0.5) is 19.3 Å². The SMILES string of the molecule is CSc1ccc(NC(=O)NCCc2nccn2C(F)F)cc1. The van der Waals surface area contributed by atoms with Crippen LogP contribution in [0.5, 0.6) is 0 Å². The number of hydrogen-bond acceptors (Lipinski definition) is 3. The highest BCUT2D eigenvalue weighted by Gasteiger charge is 2.11. The minimum absolute atomic E-state index is 0.221. The summed E-state index contributed by atoms with van der Waals surface area (Å²) in [5.41, 5.74) is 0.671. The Morgan fingerprint density at radius 3 is 2.73 bits per heavy atom. The van der Waals surface area contributed by atoms with E-state index in [1.54, 1.807) is 23.9 Å². The second-order valence-electron chi connectivity index (χ2n) is 4.39. The maximum atomic E-state index is 12.6. The summed E-state index contributed by atoms with van der Waals surface area (Å²) in [5.74, 6) is 0.236. The zero-order valence-electron chi connectivity index (χ0n) is 11.9. The van der Waals surface area contributed by atoms with Crippen molar-refractivity contribution in [1.29, 1.82) is 0 Å². The number of aromatic nitrogens is 2. The molecule has 8 heteroatoms. The number of amides is 2. The molecular formula is C14H16F2N4OS. The van der Waals surface area contributed by atoms with E-state index < -0.39 is 6.55 Å². The zero-order valence-corrected chi connectivity index (χ0v) is 12.7. The first-order chi connectivity index (χ1) is 10.6. The standard InChI is InChI=1S/C14H16F2N4OS/c1-22-11-4-2-10(3-5-11)19-14(21)18-7-6-12-17-8-9-20(12)13(15)16/h2-5,8-9,13H,6-7H2,1H3,(H2,18,19,21). The molecule has 0 bridgehead atoms. The number of benzene rings is 1. The van der Waals surface area contributed by atoms with Gasteiger partial charge in [-0.15, -0.1) is 11.8 Å². The number of urea groups is 1. The molecule has 0 saturated carbocycles. The number of alkyl halides is 2. The summed E-state index contributed by atoms with van der Waals surface area (Å²) in [6.07, 6.45) is 4.73. The third-order valence-corrected chi connectivity index (χ3v) is 3.68. The van der Waals surface area contributed by atoms with Crippen LogP contribution in [0.3, 0.4) is 0 Å². The molecule has 0 aliphatic rings. The lowest BCUT2D eigenvalue weighted by molar-refractivity contribution is 0.0670. The van der Waals surface area contributed by atoms with E-state index in [4.69, 9.17) is 0 Å². The Morgan fingerprint density at radius 1 is 1.36 bits per heavy atom. The van der Waals surface area contributed by atoms with Gasteiger partial charge in [-0.25, -0.2) is 9.78 Å². The number of nitrogens with one attached hydrogen (secondary N) is 2. The average Bonchev–Trinajstić information content (AvgIpc) is 2.97. The number of hydrogen-bond donors (Lipinski definition) is 2. The molecule has 2 aromatic rings. The summed E-state index contributed by atoms with van der Waals surface area (Å²) in [4.78, 5) is 16.7. The van der Waals surface area contributed by atoms with E-state index in [9.17, 15) is 13.6 Å². The number of nitrogens with zero attached hydrogens (tertiary/aromatic N) is 2. The van der Waals surface area contributed by atoms with Crippen LogP contribution in [0.25, 0.3) is 0 Å². The number of anilines is 1. The Labute approximate surface area is 131 Å². The van der Waals surface area contributed by atoms with Crippen LogP contribution in [0.1, 0.15) is 12.4 Å². The molecule has 2 rings (SSSR count). The predicted octanol–water partition coefficient (Wildman–Crippen LogP) is 3.36. The summed E-state index contributed by atoms with van der Waals surface area (Å²) in [7, 11) is 0. The van der Waals surface area contributed by atoms with Crippen LogP contribution in [0, 0.1) is 0 Å². The molecule has 2 N–H and O–H groups in total. The lowest BCUT2D eigenvalue weighted by atomic mass is 10.3. The fourth-order valence-corrected chi connectivity index (χ4v) is 2.26. The molecule has 118 valence electrons. The van der Waals surface area contributed by atoms with Crippen molar-refractivity contribution in [2.24, 2.45) is 0 Å². The smallest absolute Gasteiger partial charge is 0.319 e. The first kappa shape index (κ1) is 16.3. The number of halogens is 2. The van der Waals surface area contributed by atoms with Gasteiger partial charge in [-0.1, -0.05) is 0 Å². The van der Waals surface area contributed by atoms with Crippen molar-refractivity contribution in [3.63, 3.8) is 0 Å². The van der Waals surface area contributed by atoms with Crippen molar-refractivity contribution in [1.82, 2.24) is 14.9 Å². The zero-order chi connectivity index (χ0) is 15.9. The van der Waals surface area contributed by atoms with E-state index >= 15 is 0 Å². The number of imidazole rings is 1. The number of carbonyl (C=O) groups excluding carboxylic acids is 1. The minimum Gasteiger partial charge on any atom is -0.337 e. The molecule has 0 unspecified atom stereocenters. The molecule has 1 aromatic heterocycles. The molecule has 0 radical (unpaired) electrons. The Hall–Kier alpha value is -2.09. The van der Waals surface area contributed by atoms with Crippen LogP contribution in [0.15, 0.2) is 41.6 Å². The monoisotopic (exact) mass is 326 g/mol. The van der Waals surface area contributed by atoms with E-state index in [0.29, 0.717) is 5.69 Å². The van der Waals surface area contributed by atoms with Gasteiger partial charge in [-0.3, -0.25) is 4.57 Å². The van der Waals surface area contributed by atoms with Crippen molar-refractivity contribution < 1.29 is 13.6 Å². The molecule has 0 fully saturated rings. The predicted molar refractivity (Wildman–Crippen MR) is 82.4 cm³/mol. The van der Waals surface area contributed by atoms with Crippen LogP contribution in [-0.4, -0.2) is 28.4 Å². The van der Waals surface area contributed by atoms with Gasteiger partial charge < -0.3 is 10.6 Å². The Balaban J connectivity index is 1.79. The van der Waals surface area contributed by atoms with Crippen molar-refractivity contribution >= 4 is 23.5 Å². The van der Waals surface area contributed by atoms with Gasteiger partial charge in [0, 0.05) is 35.9 Å². The molecule has 5 nitrogen and oxygen atoms in total. The van der Waals surface area contributed by atoms with Gasteiger partial charge in [-0.2, -0.15) is 8.78 Å². The molecular weight excluding hydrogens is 310 g/mol. The Kier molecular flexibility index (Phi) is 5.76. The second kappa shape index (κ2) is 7.79. The van der Waals surface area contributed by atoms with Gasteiger partial charge in [0.2, 0.25) is 0 Å². The lowest BCUT2D eigenvalue weighted by Crippen LogP contribution is -2.30. The van der Waals surface area contributed by atoms with Crippen LogP contribution < -0.4 is 10.6 Å². The molecule has 2 amide bonds. The maximum Gasteiger partial charge on any atom is 0.319 e. The third-order valence-electron chi connectivity index (χ3n) is 2.94. The fourth-order valence-electron chi connectivity index (χ4n) is 1.85. The lowest BCUT2D eigenvalue weighted by Gasteiger charge is -2.09. The molecule has 1 heterocycles. The highest BCUT2D eigenvalue weighted by atomic mass is 32.2. The topological polar surface area (TPSA) is 59.0 Å². The summed E-state index contributed by atoms with van der Waals surface area (Å²) in [5, 5.41) is 5.29. The van der Waals surface area contributed by atoms with Gasteiger partial charge in [0.25, 0.3) is 0 Å². The van der Waals surface area contributed by atoms with Gasteiger partial charge in [0.05, 0.1) is 0 Å². The van der Waals surface area contributed by atoms with E-state index in [-0.39, 0.29) is 24.8 Å². The number of thioether (sulfide) groups is 1. The van der Waals surface area contributed by atoms with Crippen molar-refractivity contribution in [3.05, 3.63) is 42.5 Å².